The van der Waals surface area contributed by atoms with Crippen LogP contribution in [0.1, 0.15) is 43.6 Å². The van der Waals surface area contributed by atoms with Crippen molar-refractivity contribution in [1.82, 2.24) is 0 Å². The molecule has 0 aliphatic carbocycles. The SMILES string of the molecule is Cc1cccc(NC(=O)C(Sc2cccc(NC(=O)CC(C)(C)C)c2)c2ccccc2)c1. The first-order chi connectivity index (χ1) is 15.2. The molecule has 3 rings (SSSR count). The van der Waals surface area contributed by atoms with Crippen LogP contribution < -0.4 is 10.6 Å². The van der Waals surface area contributed by atoms with Crippen molar-refractivity contribution in [1.29, 1.82) is 0 Å². The van der Waals surface area contributed by atoms with E-state index in [9.17, 15) is 9.59 Å². The molecule has 0 fully saturated rings. The molecule has 0 radical (unpaired) electrons. The van der Waals surface area contributed by atoms with Crippen molar-refractivity contribution in [3.05, 3.63) is 90.0 Å². The Morgan fingerprint density at radius 2 is 1.50 bits per heavy atom. The molecular weight excluding hydrogens is 416 g/mol. The van der Waals surface area contributed by atoms with Gasteiger partial charge in [0.1, 0.15) is 5.25 Å². The van der Waals surface area contributed by atoms with Crippen molar-refractivity contribution < 1.29 is 9.59 Å². The predicted octanol–water partition coefficient (Wildman–Crippen LogP) is 6.84. The van der Waals surface area contributed by atoms with Crippen LogP contribution in [0.4, 0.5) is 11.4 Å². The van der Waals surface area contributed by atoms with Gasteiger partial charge in [0.15, 0.2) is 0 Å². The Morgan fingerprint density at radius 1 is 0.844 bits per heavy atom. The van der Waals surface area contributed by atoms with Gasteiger partial charge in [-0.1, -0.05) is 69.3 Å². The number of carbonyl (C=O) groups excluding carboxylic acids is 2. The Labute approximate surface area is 194 Å². The minimum Gasteiger partial charge on any atom is -0.326 e. The van der Waals surface area contributed by atoms with Crippen LogP contribution in [0.2, 0.25) is 0 Å². The Morgan fingerprint density at radius 3 is 2.16 bits per heavy atom. The second-order valence-electron chi connectivity index (χ2n) is 9.08. The molecule has 2 amide bonds. The van der Waals surface area contributed by atoms with Crippen molar-refractivity contribution in [2.24, 2.45) is 5.41 Å². The Hall–Kier alpha value is -3.05. The lowest BCUT2D eigenvalue weighted by atomic mass is 9.92. The van der Waals surface area contributed by atoms with E-state index < -0.39 is 5.25 Å². The van der Waals surface area contributed by atoms with E-state index in [4.69, 9.17) is 0 Å². The first-order valence-corrected chi connectivity index (χ1v) is 11.6. The smallest absolute Gasteiger partial charge is 0.242 e. The molecule has 2 N–H and O–H groups in total. The van der Waals surface area contributed by atoms with Crippen molar-refractivity contribution in [2.75, 3.05) is 10.6 Å². The quantitative estimate of drug-likeness (QED) is 0.391. The maximum absolute atomic E-state index is 13.2. The van der Waals surface area contributed by atoms with Crippen LogP contribution in [0.25, 0.3) is 0 Å². The number of thioether (sulfide) groups is 1. The summed E-state index contributed by atoms with van der Waals surface area (Å²) in [6.07, 6.45) is 0.440. The molecule has 0 aliphatic heterocycles. The molecule has 0 spiro atoms. The molecule has 0 saturated carbocycles. The molecule has 0 aromatic heterocycles. The Kier molecular flexibility index (Phi) is 7.75. The van der Waals surface area contributed by atoms with Gasteiger partial charge in [-0.25, -0.2) is 0 Å². The fraction of sp³-hybridized carbons (Fsp3) is 0.259. The van der Waals surface area contributed by atoms with Gasteiger partial charge in [0, 0.05) is 22.7 Å². The average molecular weight is 447 g/mol. The summed E-state index contributed by atoms with van der Waals surface area (Å²) in [7, 11) is 0. The van der Waals surface area contributed by atoms with Crippen LogP contribution in [-0.2, 0) is 9.59 Å². The van der Waals surface area contributed by atoms with Gasteiger partial charge in [-0.3, -0.25) is 9.59 Å². The van der Waals surface area contributed by atoms with E-state index in [1.807, 2.05) is 107 Å². The van der Waals surface area contributed by atoms with Crippen LogP contribution in [0, 0.1) is 12.3 Å². The highest BCUT2D eigenvalue weighted by Crippen LogP contribution is 2.37. The van der Waals surface area contributed by atoms with E-state index in [0.29, 0.717) is 6.42 Å². The Bertz CT molecular complexity index is 1070. The topological polar surface area (TPSA) is 58.2 Å². The largest absolute Gasteiger partial charge is 0.326 e. The predicted molar refractivity (Wildman–Crippen MR) is 134 cm³/mol. The number of benzene rings is 3. The van der Waals surface area contributed by atoms with Crippen LogP contribution in [0.15, 0.2) is 83.8 Å². The third-order valence-electron chi connectivity index (χ3n) is 4.69. The van der Waals surface area contributed by atoms with Crippen molar-refractivity contribution in [3.63, 3.8) is 0 Å². The molecule has 32 heavy (non-hydrogen) atoms. The van der Waals surface area contributed by atoms with E-state index in [0.717, 1.165) is 27.4 Å². The maximum atomic E-state index is 13.2. The molecule has 0 saturated heterocycles. The van der Waals surface area contributed by atoms with Crippen LogP contribution in [0.5, 0.6) is 0 Å². The standard InChI is InChI=1S/C27H30N2O2S/c1-19-10-8-13-21(16-19)29-26(31)25(20-11-6-5-7-12-20)32-23-15-9-14-22(17-23)28-24(30)18-27(2,3)4/h5-17,25H,18H2,1-4H3,(H,28,30)(H,29,31). The van der Waals surface area contributed by atoms with Gasteiger partial charge >= 0.3 is 0 Å². The highest BCUT2D eigenvalue weighted by Gasteiger charge is 2.23. The van der Waals surface area contributed by atoms with E-state index >= 15 is 0 Å². The third kappa shape index (κ3) is 7.27. The zero-order valence-corrected chi connectivity index (χ0v) is 19.8. The first kappa shape index (κ1) is 23.6. The fourth-order valence-electron chi connectivity index (χ4n) is 3.30. The van der Waals surface area contributed by atoms with Crippen molar-refractivity contribution >= 4 is 35.0 Å². The summed E-state index contributed by atoms with van der Waals surface area (Å²) in [5.41, 5.74) is 3.44. The molecule has 1 atom stereocenters. The number of aryl methyl sites for hydroxylation is 1. The van der Waals surface area contributed by atoms with Gasteiger partial charge in [0.25, 0.3) is 0 Å². The van der Waals surface area contributed by atoms with Gasteiger partial charge in [-0.15, -0.1) is 11.8 Å². The van der Waals surface area contributed by atoms with Gasteiger partial charge in [-0.2, -0.15) is 0 Å². The van der Waals surface area contributed by atoms with Crippen LogP contribution in [0.3, 0.4) is 0 Å². The van der Waals surface area contributed by atoms with Gasteiger partial charge in [0.2, 0.25) is 11.8 Å². The fourth-order valence-corrected chi connectivity index (χ4v) is 4.38. The minimum absolute atomic E-state index is 0.0172. The van der Waals surface area contributed by atoms with E-state index in [1.54, 1.807) is 0 Å². The number of amides is 2. The number of hydrogen-bond donors (Lipinski definition) is 2. The van der Waals surface area contributed by atoms with E-state index in [1.165, 1.54) is 11.8 Å². The summed E-state index contributed by atoms with van der Waals surface area (Å²) in [6.45, 7) is 8.11. The lowest BCUT2D eigenvalue weighted by molar-refractivity contribution is -0.118. The number of nitrogens with one attached hydrogen (secondary N) is 2. The van der Waals surface area contributed by atoms with E-state index in [2.05, 4.69) is 10.6 Å². The zero-order valence-electron chi connectivity index (χ0n) is 19.0. The van der Waals surface area contributed by atoms with Gasteiger partial charge in [-0.05, 0) is 53.8 Å². The summed E-state index contributed by atoms with van der Waals surface area (Å²) >= 11 is 1.46. The normalized spacial score (nSPS) is 12.1. The molecule has 0 heterocycles. The second-order valence-corrected chi connectivity index (χ2v) is 10.3. The lowest BCUT2D eigenvalue weighted by Crippen LogP contribution is -2.20. The zero-order chi connectivity index (χ0) is 23.1. The minimum atomic E-state index is -0.433. The highest BCUT2D eigenvalue weighted by molar-refractivity contribution is 8.00. The lowest BCUT2D eigenvalue weighted by Gasteiger charge is -2.19. The maximum Gasteiger partial charge on any atom is 0.242 e. The number of rotatable bonds is 7. The molecule has 4 nitrogen and oxygen atoms in total. The molecule has 0 bridgehead atoms. The summed E-state index contributed by atoms with van der Waals surface area (Å²) in [5, 5.41) is 5.59. The number of hydrogen-bond acceptors (Lipinski definition) is 3. The summed E-state index contributed by atoms with van der Waals surface area (Å²) in [6, 6.07) is 25.2. The monoisotopic (exact) mass is 446 g/mol. The molecule has 1 unspecified atom stereocenters. The van der Waals surface area contributed by atoms with Crippen LogP contribution in [-0.4, -0.2) is 11.8 Å². The summed E-state index contributed by atoms with van der Waals surface area (Å²) in [4.78, 5) is 26.5. The second kappa shape index (κ2) is 10.5. The molecule has 3 aromatic rings. The van der Waals surface area contributed by atoms with Gasteiger partial charge < -0.3 is 10.6 Å². The molecule has 166 valence electrons. The van der Waals surface area contributed by atoms with E-state index in [-0.39, 0.29) is 17.2 Å². The summed E-state index contributed by atoms with van der Waals surface area (Å²) in [5.74, 6) is -0.106. The molecule has 5 heteroatoms. The highest BCUT2D eigenvalue weighted by atomic mass is 32.2. The third-order valence-corrected chi connectivity index (χ3v) is 5.94. The molecular formula is C27H30N2O2S. The van der Waals surface area contributed by atoms with Gasteiger partial charge in [0.05, 0.1) is 0 Å². The van der Waals surface area contributed by atoms with Crippen molar-refractivity contribution in [2.45, 2.75) is 44.3 Å². The molecule has 3 aromatic carbocycles. The number of carbonyl (C=O) groups is 2. The average Bonchev–Trinajstić information content (AvgIpc) is 2.71. The van der Waals surface area contributed by atoms with Crippen LogP contribution >= 0.6 is 11.8 Å². The van der Waals surface area contributed by atoms with Crippen molar-refractivity contribution in [3.8, 4) is 0 Å². The Balaban J connectivity index is 1.79. The molecule has 0 aliphatic rings. The first-order valence-electron chi connectivity index (χ1n) is 10.7. The number of anilines is 2. The summed E-state index contributed by atoms with van der Waals surface area (Å²) < 4.78 is 0.